The smallest absolute Gasteiger partial charge is 0.278 e. The van der Waals surface area contributed by atoms with Crippen molar-refractivity contribution >= 4 is 28.2 Å². The molecular weight excluding hydrogens is 458 g/mol. The summed E-state index contributed by atoms with van der Waals surface area (Å²) in [5, 5.41) is 10.2. The number of hydrogen-bond acceptors (Lipinski definition) is 8. The molecular formula is C24H25N3O6S. The van der Waals surface area contributed by atoms with Crippen molar-refractivity contribution in [3.8, 4) is 22.8 Å². The molecule has 1 aliphatic carbocycles. The standard InChI is InChI=1S/C24H25N3O6S/c1-30-9-8-25-23(29)21-15-4-2-3-5-20(15)34-24(21)26-22(28)16-13-18(33-27-16)14-6-7-17-19(12-14)32-11-10-31-17/h6-7,12-13H,2-5,8-11H2,1H3,(H,25,29)(H,26,28). The van der Waals surface area contributed by atoms with Crippen LogP contribution in [0.5, 0.6) is 11.5 Å². The third kappa shape index (κ3) is 4.51. The van der Waals surface area contributed by atoms with E-state index in [1.165, 1.54) is 11.3 Å². The zero-order chi connectivity index (χ0) is 23.5. The molecule has 0 atom stereocenters. The number of methoxy groups -OCH3 is 1. The van der Waals surface area contributed by atoms with Crippen molar-refractivity contribution in [2.45, 2.75) is 25.7 Å². The molecule has 5 rings (SSSR count). The molecule has 2 aromatic heterocycles. The molecule has 1 aromatic carbocycles. The fraction of sp³-hybridized carbons (Fsp3) is 0.375. The van der Waals surface area contributed by atoms with Gasteiger partial charge in [-0.2, -0.15) is 0 Å². The van der Waals surface area contributed by atoms with Crippen LogP contribution < -0.4 is 20.1 Å². The summed E-state index contributed by atoms with van der Waals surface area (Å²) >= 11 is 1.46. The van der Waals surface area contributed by atoms with E-state index in [1.54, 1.807) is 25.3 Å². The van der Waals surface area contributed by atoms with E-state index in [0.29, 0.717) is 54.2 Å². The van der Waals surface area contributed by atoms with E-state index in [0.717, 1.165) is 41.7 Å². The Morgan fingerprint density at radius 2 is 1.91 bits per heavy atom. The molecule has 3 aromatic rings. The van der Waals surface area contributed by atoms with Crippen LogP contribution in [-0.2, 0) is 17.6 Å². The van der Waals surface area contributed by atoms with Crippen molar-refractivity contribution < 1.29 is 28.3 Å². The van der Waals surface area contributed by atoms with Gasteiger partial charge in [0.25, 0.3) is 11.8 Å². The highest BCUT2D eigenvalue weighted by Gasteiger charge is 2.27. The zero-order valence-electron chi connectivity index (χ0n) is 18.8. The van der Waals surface area contributed by atoms with E-state index in [2.05, 4.69) is 15.8 Å². The molecule has 178 valence electrons. The van der Waals surface area contributed by atoms with Gasteiger partial charge in [-0.3, -0.25) is 9.59 Å². The number of rotatable bonds is 7. The van der Waals surface area contributed by atoms with Crippen molar-refractivity contribution in [1.82, 2.24) is 10.5 Å². The number of aryl methyl sites for hydroxylation is 1. The molecule has 0 saturated carbocycles. The van der Waals surface area contributed by atoms with E-state index in [-0.39, 0.29) is 11.6 Å². The molecule has 3 heterocycles. The van der Waals surface area contributed by atoms with Gasteiger partial charge in [-0.05, 0) is 49.4 Å². The molecule has 2 amide bonds. The molecule has 0 unspecified atom stereocenters. The largest absolute Gasteiger partial charge is 0.486 e. The van der Waals surface area contributed by atoms with Crippen molar-refractivity contribution in [2.24, 2.45) is 0 Å². The first-order chi connectivity index (χ1) is 16.6. The number of thiophene rings is 1. The number of hydrogen-bond donors (Lipinski definition) is 2. The fourth-order valence-electron chi connectivity index (χ4n) is 4.13. The lowest BCUT2D eigenvalue weighted by molar-refractivity contribution is 0.0937. The molecule has 0 fully saturated rings. The van der Waals surface area contributed by atoms with Crippen molar-refractivity contribution in [2.75, 3.05) is 38.8 Å². The van der Waals surface area contributed by atoms with Gasteiger partial charge in [0.2, 0.25) is 0 Å². The second-order valence-electron chi connectivity index (χ2n) is 8.05. The van der Waals surface area contributed by atoms with Gasteiger partial charge in [-0.1, -0.05) is 5.16 Å². The number of anilines is 1. The Bertz CT molecular complexity index is 1220. The molecule has 0 saturated heterocycles. The first-order valence-electron chi connectivity index (χ1n) is 11.2. The summed E-state index contributed by atoms with van der Waals surface area (Å²) in [5.74, 6) is 1.09. The van der Waals surface area contributed by atoms with Gasteiger partial charge < -0.3 is 29.4 Å². The number of amides is 2. The highest BCUT2D eigenvalue weighted by molar-refractivity contribution is 7.17. The molecule has 0 spiro atoms. The number of nitrogens with one attached hydrogen (secondary N) is 2. The molecule has 10 heteroatoms. The average molecular weight is 484 g/mol. The minimum Gasteiger partial charge on any atom is -0.486 e. The minimum absolute atomic E-state index is 0.127. The maximum absolute atomic E-state index is 13.0. The fourth-order valence-corrected chi connectivity index (χ4v) is 5.41. The first-order valence-corrected chi connectivity index (χ1v) is 12.1. The lowest BCUT2D eigenvalue weighted by Gasteiger charge is -2.18. The Balaban J connectivity index is 1.36. The number of nitrogens with zero attached hydrogens (tertiary/aromatic N) is 1. The van der Waals surface area contributed by atoms with E-state index in [9.17, 15) is 9.59 Å². The Hall–Kier alpha value is -3.37. The van der Waals surface area contributed by atoms with Crippen LogP contribution in [0.15, 0.2) is 28.8 Å². The van der Waals surface area contributed by atoms with Gasteiger partial charge in [-0.15, -0.1) is 11.3 Å². The molecule has 9 nitrogen and oxygen atoms in total. The summed E-state index contributed by atoms with van der Waals surface area (Å²) in [6, 6.07) is 7.00. The van der Waals surface area contributed by atoms with Gasteiger partial charge in [-0.25, -0.2) is 0 Å². The van der Waals surface area contributed by atoms with Crippen molar-refractivity contribution in [1.29, 1.82) is 0 Å². The average Bonchev–Trinajstić information content (AvgIpc) is 3.49. The van der Waals surface area contributed by atoms with Gasteiger partial charge in [0.1, 0.15) is 18.2 Å². The third-order valence-corrected chi connectivity index (χ3v) is 6.99. The maximum atomic E-state index is 13.0. The van der Waals surface area contributed by atoms with Crippen LogP contribution in [0, 0.1) is 0 Å². The highest BCUT2D eigenvalue weighted by Crippen LogP contribution is 2.39. The van der Waals surface area contributed by atoms with Gasteiger partial charge in [0, 0.05) is 30.2 Å². The third-order valence-electron chi connectivity index (χ3n) is 5.79. The lowest BCUT2D eigenvalue weighted by atomic mass is 9.95. The van der Waals surface area contributed by atoms with Gasteiger partial charge in [0.05, 0.1) is 12.2 Å². The quantitative estimate of drug-likeness (QED) is 0.493. The van der Waals surface area contributed by atoms with Crippen LogP contribution in [-0.4, -0.2) is 50.4 Å². The van der Waals surface area contributed by atoms with Gasteiger partial charge in [0.15, 0.2) is 23.0 Å². The summed E-state index contributed by atoms with van der Waals surface area (Å²) in [4.78, 5) is 27.1. The predicted octanol–water partition coefficient (Wildman–Crippen LogP) is 3.68. The molecule has 34 heavy (non-hydrogen) atoms. The van der Waals surface area contributed by atoms with Crippen LogP contribution in [0.25, 0.3) is 11.3 Å². The van der Waals surface area contributed by atoms with Crippen LogP contribution in [0.1, 0.15) is 44.1 Å². The van der Waals surface area contributed by atoms with E-state index in [1.807, 2.05) is 6.07 Å². The Morgan fingerprint density at radius 1 is 1.09 bits per heavy atom. The lowest BCUT2D eigenvalue weighted by Crippen LogP contribution is -2.28. The number of aromatic nitrogens is 1. The highest BCUT2D eigenvalue weighted by atomic mass is 32.1. The second-order valence-corrected chi connectivity index (χ2v) is 9.16. The molecule has 2 N–H and O–H groups in total. The number of ether oxygens (including phenoxy) is 3. The molecule has 0 radical (unpaired) electrons. The summed E-state index contributed by atoms with van der Waals surface area (Å²) < 4.78 is 21.6. The summed E-state index contributed by atoms with van der Waals surface area (Å²) in [6.45, 7) is 1.81. The predicted molar refractivity (Wildman–Crippen MR) is 126 cm³/mol. The Kier molecular flexibility index (Phi) is 6.50. The van der Waals surface area contributed by atoms with E-state index in [4.69, 9.17) is 18.7 Å². The molecule has 1 aliphatic heterocycles. The number of carbonyl (C=O) groups is 2. The van der Waals surface area contributed by atoms with Crippen LogP contribution in [0.2, 0.25) is 0 Å². The normalized spacial score (nSPS) is 14.4. The van der Waals surface area contributed by atoms with Crippen LogP contribution >= 0.6 is 11.3 Å². The first kappa shape index (κ1) is 22.4. The monoisotopic (exact) mass is 483 g/mol. The van der Waals surface area contributed by atoms with E-state index >= 15 is 0 Å². The SMILES string of the molecule is COCCNC(=O)c1c(NC(=O)c2cc(-c3ccc4c(c3)OCCO4)on2)sc2c1CCCC2. The number of fused-ring (bicyclic) bond motifs is 2. The molecule has 2 aliphatic rings. The molecule has 0 bridgehead atoms. The summed E-state index contributed by atoms with van der Waals surface area (Å²) in [6.07, 6.45) is 3.84. The van der Waals surface area contributed by atoms with Crippen LogP contribution in [0.4, 0.5) is 5.00 Å². The Morgan fingerprint density at radius 3 is 2.76 bits per heavy atom. The number of carbonyl (C=O) groups excluding carboxylic acids is 2. The second kappa shape index (κ2) is 9.86. The summed E-state index contributed by atoms with van der Waals surface area (Å²) in [7, 11) is 1.58. The van der Waals surface area contributed by atoms with Crippen molar-refractivity contribution in [3.05, 3.63) is 46.0 Å². The Labute approximate surface area is 200 Å². The maximum Gasteiger partial charge on any atom is 0.278 e. The topological polar surface area (TPSA) is 112 Å². The minimum atomic E-state index is -0.433. The number of benzene rings is 1. The van der Waals surface area contributed by atoms with E-state index < -0.39 is 5.91 Å². The van der Waals surface area contributed by atoms with Crippen molar-refractivity contribution in [3.63, 3.8) is 0 Å². The van der Waals surface area contributed by atoms with Crippen LogP contribution in [0.3, 0.4) is 0 Å². The summed E-state index contributed by atoms with van der Waals surface area (Å²) in [5.41, 5.74) is 2.42. The zero-order valence-corrected chi connectivity index (χ0v) is 19.6. The van der Waals surface area contributed by atoms with Gasteiger partial charge >= 0.3 is 0 Å².